The van der Waals surface area contributed by atoms with Gasteiger partial charge in [-0.3, -0.25) is 14.5 Å². The van der Waals surface area contributed by atoms with Crippen LogP contribution < -0.4 is 10.6 Å². The highest BCUT2D eigenvalue weighted by Gasteiger charge is 2.71. The number of piperidine rings is 1. The van der Waals surface area contributed by atoms with Gasteiger partial charge in [-0.2, -0.15) is 5.26 Å². The van der Waals surface area contributed by atoms with Crippen LogP contribution in [-0.2, 0) is 27.2 Å². The largest absolute Gasteiger partial charge is 0.444 e. The average molecular weight is 545 g/mol. The smallest absolute Gasteiger partial charge is 0.411 e. The van der Waals surface area contributed by atoms with E-state index in [2.05, 4.69) is 23.6 Å². The minimum absolute atomic E-state index is 0.00727. The maximum Gasteiger partial charge on any atom is 0.411 e. The molecule has 40 heavy (non-hydrogen) atoms. The zero-order valence-corrected chi connectivity index (χ0v) is 23.0. The number of anilines is 1. The molecule has 0 unspecified atom stereocenters. The Morgan fingerprint density at radius 1 is 1.20 bits per heavy atom. The summed E-state index contributed by atoms with van der Waals surface area (Å²) >= 11 is 0. The van der Waals surface area contributed by atoms with Crippen LogP contribution in [0, 0.1) is 40.8 Å². The number of nitrogens with zero attached hydrogens (tertiary/aromatic N) is 2. The Bertz CT molecular complexity index is 1460. The lowest BCUT2D eigenvalue weighted by Crippen LogP contribution is -2.56. The molecule has 0 aromatic heterocycles. The Morgan fingerprint density at radius 2 is 1.93 bits per heavy atom. The van der Waals surface area contributed by atoms with E-state index in [0.717, 1.165) is 23.2 Å². The van der Waals surface area contributed by atoms with Crippen molar-refractivity contribution in [1.29, 1.82) is 5.26 Å². The molecule has 2 heterocycles. The van der Waals surface area contributed by atoms with Crippen molar-refractivity contribution in [3.8, 4) is 17.2 Å². The number of fused-ring (bicyclic) bond motifs is 6. The Hall–Kier alpha value is -3.93. The molecule has 0 spiro atoms. The quantitative estimate of drug-likeness (QED) is 0.579. The number of rotatable bonds is 5. The summed E-state index contributed by atoms with van der Waals surface area (Å²) in [5.41, 5.74) is 2.70. The van der Waals surface area contributed by atoms with Crippen molar-refractivity contribution in [1.82, 2.24) is 10.2 Å². The van der Waals surface area contributed by atoms with Gasteiger partial charge in [0.15, 0.2) is 0 Å². The second-order valence-electron chi connectivity index (χ2n) is 12.6. The van der Waals surface area contributed by atoms with Crippen molar-refractivity contribution in [2.45, 2.75) is 70.7 Å². The highest BCUT2D eigenvalue weighted by atomic mass is 19.1. The standard InChI is InChI=1S/C31H33FN4O4/c1-15-26-21-13-24(27(15)26)36(30(39)40-31(2,3)4)28(21)29(38)34-20(14-33)10-18-6-5-17(11-22(18)32)16-7-8-23-19(9-16)12-25(37)35-23/h5-9,11,15,20-21,24,26-28H,10,12-13H2,1-4H3,(H,34,38)(H,35,37)/t15-,20-,21+,24-,26-,27+,28-/m0/s1. The molecule has 3 fully saturated rings. The van der Waals surface area contributed by atoms with Gasteiger partial charge in [-0.1, -0.05) is 25.1 Å². The number of nitriles is 1. The van der Waals surface area contributed by atoms with Crippen LogP contribution in [0.1, 0.15) is 45.2 Å². The summed E-state index contributed by atoms with van der Waals surface area (Å²) in [5.74, 6) is 0.345. The Kier molecular flexibility index (Phi) is 6.13. The van der Waals surface area contributed by atoms with Crippen molar-refractivity contribution >= 4 is 23.6 Å². The van der Waals surface area contributed by atoms with Crippen LogP contribution in [-0.4, -0.2) is 46.5 Å². The molecule has 8 nitrogen and oxygen atoms in total. The SMILES string of the molecule is C[C@H]1[C@H]2[C@H]3C[C@@H]([C@@H]12)N(C(=O)OC(C)(C)C)[C@@H]3C(=O)N[C@H](C#N)Cc1ccc(-c2ccc3c(c2)CC(=O)N3)cc1F. The zero-order chi connectivity index (χ0) is 28.5. The summed E-state index contributed by atoms with van der Waals surface area (Å²) in [6.07, 6.45) is 0.547. The number of carbonyl (C=O) groups is 3. The molecule has 9 heteroatoms. The average Bonchev–Trinajstić information content (AvgIpc) is 3.20. The van der Waals surface area contributed by atoms with Gasteiger partial charge in [0, 0.05) is 18.2 Å². The Labute approximate surface area is 232 Å². The molecule has 2 aromatic rings. The van der Waals surface area contributed by atoms with Gasteiger partial charge in [0.05, 0.1) is 12.5 Å². The zero-order valence-electron chi connectivity index (χ0n) is 23.0. The molecular formula is C31H33FN4O4. The summed E-state index contributed by atoms with van der Waals surface area (Å²) in [4.78, 5) is 40.0. The molecule has 3 amide bonds. The summed E-state index contributed by atoms with van der Waals surface area (Å²) in [5, 5.41) is 15.4. The molecule has 4 aliphatic rings. The molecule has 7 atom stereocenters. The van der Waals surface area contributed by atoms with Crippen LogP contribution >= 0.6 is 0 Å². The molecule has 2 N–H and O–H groups in total. The van der Waals surface area contributed by atoms with Crippen LogP contribution in [0.2, 0.25) is 0 Å². The van der Waals surface area contributed by atoms with Gasteiger partial charge in [0.2, 0.25) is 11.8 Å². The molecule has 1 saturated heterocycles. The van der Waals surface area contributed by atoms with Gasteiger partial charge in [0.1, 0.15) is 23.5 Å². The fourth-order valence-corrected chi connectivity index (χ4v) is 7.24. The number of ether oxygens (including phenoxy) is 1. The number of benzene rings is 2. The van der Waals surface area contributed by atoms with E-state index in [0.29, 0.717) is 35.3 Å². The van der Waals surface area contributed by atoms with Crippen molar-refractivity contribution < 1.29 is 23.5 Å². The normalized spacial score (nSPS) is 28.3. The van der Waals surface area contributed by atoms with Crippen LogP contribution in [0.3, 0.4) is 0 Å². The van der Waals surface area contributed by atoms with Gasteiger partial charge in [-0.15, -0.1) is 0 Å². The first-order chi connectivity index (χ1) is 18.9. The number of nitrogens with one attached hydrogen (secondary N) is 2. The van der Waals surface area contributed by atoms with E-state index in [1.807, 2.05) is 18.2 Å². The monoisotopic (exact) mass is 544 g/mol. The third kappa shape index (κ3) is 4.49. The Morgan fingerprint density at radius 3 is 2.62 bits per heavy atom. The number of carbonyl (C=O) groups excluding carboxylic acids is 3. The highest BCUT2D eigenvalue weighted by molar-refractivity contribution is 5.99. The van der Waals surface area contributed by atoms with Gasteiger partial charge >= 0.3 is 6.09 Å². The van der Waals surface area contributed by atoms with Crippen molar-refractivity contribution in [3.63, 3.8) is 0 Å². The fourth-order valence-electron chi connectivity index (χ4n) is 7.24. The summed E-state index contributed by atoms with van der Waals surface area (Å²) < 4.78 is 20.8. The second kappa shape index (κ2) is 9.33. The molecule has 0 radical (unpaired) electrons. The molecule has 2 bridgehead atoms. The summed E-state index contributed by atoms with van der Waals surface area (Å²) in [6, 6.07) is 10.7. The Balaban J connectivity index is 1.16. The first-order valence-electron chi connectivity index (χ1n) is 13.9. The van der Waals surface area contributed by atoms with E-state index < -0.39 is 29.6 Å². The second-order valence-corrected chi connectivity index (χ2v) is 12.6. The summed E-state index contributed by atoms with van der Waals surface area (Å²) in [6.45, 7) is 7.55. The molecule has 208 valence electrons. The first kappa shape index (κ1) is 26.3. The lowest BCUT2D eigenvalue weighted by Gasteiger charge is -2.35. The van der Waals surface area contributed by atoms with E-state index in [-0.39, 0.29) is 30.2 Å². The van der Waals surface area contributed by atoms with Gasteiger partial charge < -0.3 is 15.4 Å². The maximum absolute atomic E-state index is 15.2. The lowest BCUT2D eigenvalue weighted by atomic mass is 9.94. The third-order valence-corrected chi connectivity index (χ3v) is 8.92. The predicted molar refractivity (Wildman–Crippen MR) is 145 cm³/mol. The van der Waals surface area contributed by atoms with Crippen molar-refractivity contribution in [2.24, 2.45) is 23.7 Å². The number of hydrogen-bond acceptors (Lipinski definition) is 5. The predicted octanol–water partition coefficient (Wildman–Crippen LogP) is 4.43. The van der Waals surface area contributed by atoms with Crippen LogP contribution in [0.25, 0.3) is 11.1 Å². The minimum Gasteiger partial charge on any atom is -0.444 e. The fraction of sp³-hybridized carbons (Fsp3) is 0.484. The van der Waals surface area contributed by atoms with Crippen molar-refractivity contribution in [2.75, 3.05) is 5.32 Å². The van der Waals surface area contributed by atoms with Crippen LogP contribution in [0.4, 0.5) is 14.9 Å². The van der Waals surface area contributed by atoms with E-state index in [9.17, 15) is 19.6 Å². The highest BCUT2D eigenvalue weighted by Crippen LogP contribution is 2.67. The van der Waals surface area contributed by atoms with E-state index >= 15 is 4.39 Å². The minimum atomic E-state index is -0.961. The molecular weight excluding hydrogens is 511 g/mol. The van der Waals surface area contributed by atoms with Crippen molar-refractivity contribution in [3.05, 3.63) is 53.3 Å². The topological polar surface area (TPSA) is 112 Å². The summed E-state index contributed by atoms with van der Waals surface area (Å²) in [7, 11) is 0. The van der Waals surface area contributed by atoms with Crippen LogP contribution in [0.5, 0.6) is 0 Å². The van der Waals surface area contributed by atoms with Gasteiger partial charge in [0.25, 0.3) is 0 Å². The third-order valence-electron chi connectivity index (χ3n) is 8.92. The van der Waals surface area contributed by atoms with E-state index in [4.69, 9.17) is 4.74 Å². The van der Waals surface area contributed by atoms with E-state index in [1.54, 1.807) is 37.8 Å². The van der Waals surface area contributed by atoms with Gasteiger partial charge in [-0.05, 0) is 91.3 Å². The van der Waals surface area contributed by atoms with Crippen LogP contribution in [0.15, 0.2) is 36.4 Å². The number of halogens is 1. The number of likely N-dealkylation sites (tertiary alicyclic amines) is 1. The molecule has 6 rings (SSSR count). The molecule has 2 saturated carbocycles. The lowest BCUT2D eigenvalue weighted by molar-refractivity contribution is -0.128. The van der Waals surface area contributed by atoms with E-state index in [1.165, 1.54) is 6.07 Å². The maximum atomic E-state index is 15.2. The first-order valence-corrected chi connectivity index (χ1v) is 13.9. The molecule has 2 aliphatic carbocycles. The van der Waals surface area contributed by atoms with Gasteiger partial charge in [-0.25, -0.2) is 9.18 Å². The molecule has 2 aromatic carbocycles. The molecule has 2 aliphatic heterocycles. The number of hydrogen-bond donors (Lipinski definition) is 2. The number of amides is 3.